The van der Waals surface area contributed by atoms with E-state index in [1.54, 1.807) is 9.80 Å². The molecule has 2 atom stereocenters. The minimum absolute atomic E-state index is 0.429. The van der Waals surface area contributed by atoms with E-state index in [-0.39, 0.29) is 0 Å². The van der Waals surface area contributed by atoms with Crippen LogP contribution in [0.1, 0.15) is 22.9 Å². The molecule has 0 aromatic heterocycles. The van der Waals surface area contributed by atoms with E-state index in [0.717, 1.165) is 13.1 Å². The number of benzene rings is 3. The summed E-state index contributed by atoms with van der Waals surface area (Å²) in [6.07, 6.45) is 0.429. The third-order valence-electron chi connectivity index (χ3n) is 7.09. The van der Waals surface area contributed by atoms with E-state index in [4.69, 9.17) is 0 Å². The highest BCUT2D eigenvalue weighted by Gasteiger charge is 2.40. The maximum atomic E-state index is 2.34. The molecule has 2 N–H and O–H groups in total. The van der Waals surface area contributed by atoms with Gasteiger partial charge < -0.3 is 14.7 Å². The largest absolute Gasteiger partial charge is 0.378 e. The molecule has 1 aliphatic heterocycles. The summed E-state index contributed by atoms with van der Waals surface area (Å²) in [4.78, 5) is 9.79. The van der Waals surface area contributed by atoms with Gasteiger partial charge in [-0.2, -0.15) is 0 Å². The SMILES string of the molecule is CN(C)c1ccc(C[NH+]2CC[NH+](Cc3ccc(N(C)C)cc3)C2c2ccc(N(C)C)cc2)cc1. The molecule has 0 saturated carbocycles. The van der Waals surface area contributed by atoms with Crippen molar-refractivity contribution in [1.29, 1.82) is 0 Å². The lowest BCUT2D eigenvalue weighted by atomic mass is 10.1. The molecule has 4 rings (SSSR count). The molecule has 0 amide bonds. The fraction of sp³-hybridized carbons (Fsp3) is 0.379. The molecular formula is C29H41N5+2. The van der Waals surface area contributed by atoms with Crippen molar-refractivity contribution in [3.63, 3.8) is 0 Å². The maximum Gasteiger partial charge on any atom is 0.241 e. The Morgan fingerprint density at radius 1 is 0.529 bits per heavy atom. The van der Waals surface area contributed by atoms with E-state index < -0.39 is 0 Å². The summed E-state index contributed by atoms with van der Waals surface area (Å²) in [6.45, 7) is 4.47. The molecule has 5 nitrogen and oxygen atoms in total. The van der Waals surface area contributed by atoms with Crippen LogP contribution in [0.4, 0.5) is 17.1 Å². The molecule has 1 heterocycles. The van der Waals surface area contributed by atoms with E-state index >= 15 is 0 Å². The highest BCUT2D eigenvalue weighted by atomic mass is 15.4. The van der Waals surface area contributed by atoms with Crippen molar-refractivity contribution in [3.8, 4) is 0 Å². The predicted octanol–water partition coefficient (Wildman–Crippen LogP) is 2.07. The van der Waals surface area contributed by atoms with Crippen LogP contribution in [0.2, 0.25) is 0 Å². The van der Waals surface area contributed by atoms with Gasteiger partial charge in [0.25, 0.3) is 0 Å². The minimum atomic E-state index is 0.429. The van der Waals surface area contributed by atoms with E-state index in [9.17, 15) is 0 Å². The van der Waals surface area contributed by atoms with Gasteiger partial charge in [0.15, 0.2) is 0 Å². The van der Waals surface area contributed by atoms with Crippen LogP contribution in [-0.4, -0.2) is 55.4 Å². The lowest BCUT2D eigenvalue weighted by Crippen LogP contribution is -3.22. The smallest absolute Gasteiger partial charge is 0.241 e. The first kappa shape index (κ1) is 24.1. The minimum Gasteiger partial charge on any atom is -0.378 e. The second-order valence-electron chi connectivity index (χ2n) is 10.2. The molecule has 3 aromatic carbocycles. The third kappa shape index (κ3) is 5.54. The molecule has 0 aliphatic carbocycles. The lowest BCUT2D eigenvalue weighted by molar-refractivity contribution is -1.09. The van der Waals surface area contributed by atoms with Crippen LogP contribution >= 0.6 is 0 Å². The zero-order chi connectivity index (χ0) is 24.2. The molecule has 1 fully saturated rings. The summed E-state index contributed by atoms with van der Waals surface area (Å²) in [6, 6.07) is 27.4. The van der Waals surface area contributed by atoms with Gasteiger partial charge in [0, 0.05) is 70.5 Å². The highest BCUT2D eigenvalue weighted by Crippen LogP contribution is 2.17. The molecule has 0 bridgehead atoms. The van der Waals surface area contributed by atoms with Gasteiger partial charge in [-0.1, -0.05) is 24.3 Å². The number of nitrogens with one attached hydrogen (secondary N) is 2. The zero-order valence-electron chi connectivity index (χ0n) is 21.7. The quantitative estimate of drug-likeness (QED) is 0.538. The van der Waals surface area contributed by atoms with Crippen molar-refractivity contribution in [2.45, 2.75) is 19.3 Å². The van der Waals surface area contributed by atoms with Crippen LogP contribution < -0.4 is 24.5 Å². The number of anilines is 3. The Balaban J connectivity index is 1.57. The molecule has 180 valence electrons. The predicted molar refractivity (Wildman–Crippen MR) is 144 cm³/mol. The van der Waals surface area contributed by atoms with E-state index in [2.05, 4.69) is 130 Å². The van der Waals surface area contributed by atoms with E-state index in [1.165, 1.54) is 46.8 Å². The van der Waals surface area contributed by atoms with Crippen LogP contribution in [0.25, 0.3) is 0 Å². The van der Waals surface area contributed by atoms with Crippen molar-refractivity contribution in [2.75, 3.05) is 70.1 Å². The topological polar surface area (TPSA) is 18.6 Å². The first-order chi connectivity index (χ1) is 16.3. The monoisotopic (exact) mass is 459 g/mol. The fourth-order valence-corrected chi connectivity index (χ4v) is 5.06. The van der Waals surface area contributed by atoms with Gasteiger partial charge in [0.1, 0.15) is 26.2 Å². The summed E-state index contributed by atoms with van der Waals surface area (Å²) >= 11 is 0. The Morgan fingerprint density at radius 2 is 0.853 bits per heavy atom. The number of hydrogen-bond acceptors (Lipinski definition) is 3. The average molecular weight is 460 g/mol. The van der Waals surface area contributed by atoms with Crippen molar-refractivity contribution in [3.05, 3.63) is 89.5 Å². The van der Waals surface area contributed by atoms with Gasteiger partial charge >= 0.3 is 0 Å². The fourth-order valence-electron chi connectivity index (χ4n) is 5.06. The van der Waals surface area contributed by atoms with Crippen molar-refractivity contribution in [1.82, 2.24) is 0 Å². The van der Waals surface area contributed by atoms with Gasteiger partial charge in [0.2, 0.25) is 6.17 Å². The average Bonchev–Trinajstić information content (AvgIpc) is 3.21. The van der Waals surface area contributed by atoms with E-state index in [0.29, 0.717) is 6.17 Å². The summed E-state index contributed by atoms with van der Waals surface area (Å²) in [5, 5.41) is 0. The molecule has 5 heteroatoms. The molecule has 2 unspecified atom stereocenters. The van der Waals surface area contributed by atoms with Gasteiger partial charge in [0.05, 0.1) is 5.56 Å². The molecule has 0 radical (unpaired) electrons. The molecule has 1 aliphatic rings. The summed E-state index contributed by atoms with van der Waals surface area (Å²) in [7, 11) is 12.6. The summed E-state index contributed by atoms with van der Waals surface area (Å²) in [5.41, 5.74) is 8.01. The second-order valence-corrected chi connectivity index (χ2v) is 10.2. The van der Waals surface area contributed by atoms with Gasteiger partial charge in [-0.15, -0.1) is 0 Å². The summed E-state index contributed by atoms with van der Waals surface area (Å²) in [5.74, 6) is 0. The van der Waals surface area contributed by atoms with Gasteiger partial charge in [-0.25, -0.2) is 0 Å². The van der Waals surface area contributed by atoms with Gasteiger partial charge in [-0.05, 0) is 48.5 Å². The highest BCUT2D eigenvalue weighted by molar-refractivity contribution is 5.47. The van der Waals surface area contributed by atoms with Crippen molar-refractivity contribution >= 4 is 17.1 Å². The molecule has 34 heavy (non-hydrogen) atoms. The van der Waals surface area contributed by atoms with Crippen molar-refractivity contribution in [2.24, 2.45) is 0 Å². The zero-order valence-corrected chi connectivity index (χ0v) is 21.7. The van der Waals surface area contributed by atoms with Crippen molar-refractivity contribution < 1.29 is 9.80 Å². The van der Waals surface area contributed by atoms with Crippen LogP contribution in [0.3, 0.4) is 0 Å². The van der Waals surface area contributed by atoms with Gasteiger partial charge in [-0.3, -0.25) is 9.80 Å². The summed E-state index contributed by atoms with van der Waals surface area (Å²) < 4.78 is 0. The van der Waals surface area contributed by atoms with Crippen LogP contribution in [0, 0.1) is 0 Å². The second kappa shape index (κ2) is 10.5. The Bertz CT molecular complexity index is 978. The normalized spacial score (nSPS) is 19.8. The molecule has 0 spiro atoms. The Morgan fingerprint density at radius 3 is 1.18 bits per heavy atom. The Labute approximate surface area is 205 Å². The lowest BCUT2D eigenvalue weighted by Gasteiger charge is -2.25. The standard InChI is InChI=1S/C29H39N5/c1-30(2)26-13-7-23(8-14-26)21-33-19-20-34(22-24-9-15-27(16-10-24)31(3)4)29(33)25-11-17-28(18-12-25)32(5)6/h7-18,29H,19-22H2,1-6H3/p+2. The molecule has 1 saturated heterocycles. The number of rotatable bonds is 8. The van der Waals surface area contributed by atoms with E-state index in [1.807, 2.05) is 0 Å². The van der Waals surface area contributed by atoms with Crippen LogP contribution in [0.15, 0.2) is 72.8 Å². The maximum absolute atomic E-state index is 2.34. The Kier molecular flexibility index (Phi) is 7.44. The third-order valence-corrected chi connectivity index (χ3v) is 7.09. The molecule has 3 aromatic rings. The van der Waals surface area contributed by atoms with Crippen LogP contribution in [0.5, 0.6) is 0 Å². The number of nitrogens with zero attached hydrogens (tertiary/aromatic N) is 3. The first-order valence-electron chi connectivity index (χ1n) is 12.3. The Hall–Kier alpha value is -3.02. The number of quaternary nitrogens is 2. The first-order valence-corrected chi connectivity index (χ1v) is 12.3. The number of hydrogen-bond donors (Lipinski definition) is 2. The van der Waals surface area contributed by atoms with Crippen LogP contribution in [-0.2, 0) is 13.1 Å². The molecular weight excluding hydrogens is 418 g/mol.